The lowest BCUT2D eigenvalue weighted by molar-refractivity contribution is -0.115. The molecule has 0 bridgehead atoms. The number of fused-ring (bicyclic) bond motifs is 1. The SMILES string of the molecule is CCC(=O)Nc1cccc(Cc2nc3ccc(C)cc3o2)c1. The van der Waals surface area contributed by atoms with Crippen LogP contribution in [0, 0.1) is 6.92 Å². The zero-order valence-corrected chi connectivity index (χ0v) is 12.7. The highest BCUT2D eigenvalue weighted by Crippen LogP contribution is 2.20. The highest BCUT2D eigenvalue weighted by atomic mass is 16.3. The first-order valence-electron chi connectivity index (χ1n) is 7.39. The van der Waals surface area contributed by atoms with Crippen molar-refractivity contribution in [2.24, 2.45) is 0 Å². The fourth-order valence-electron chi connectivity index (χ4n) is 2.34. The van der Waals surface area contributed by atoms with E-state index < -0.39 is 0 Å². The number of hydrogen-bond donors (Lipinski definition) is 1. The molecule has 1 amide bonds. The van der Waals surface area contributed by atoms with Crippen LogP contribution in [0.4, 0.5) is 5.69 Å². The maximum atomic E-state index is 11.5. The molecule has 0 fully saturated rings. The molecule has 0 atom stereocenters. The van der Waals surface area contributed by atoms with Crippen molar-refractivity contribution in [2.75, 3.05) is 5.32 Å². The maximum Gasteiger partial charge on any atom is 0.224 e. The molecule has 0 aliphatic rings. The Hall–Kier alpha value is -2.62. The van der Waals surface area contributed by atoms with Crippen molar-refractivity contribution in [3.63, 3.8) is 0 Å². The van der Waals surface area contributed by atoms with Gasteiger partial charge in [-0.15, -0.1) is 0 Å². The third-order valence-electron chi connectivity index (χ3n) is 3.48. The van der Waals surface area contributed by atoms with E-state index in [9.17, 15) is 4.79 Å². The number of nitrogens with zero attached hydrogens (tertiary/aromatic N) is 1. The summed E-state index contributed by atoms with van der Waals surface area (Å²) in [6.45, 7) is 3.86. The molecule has 4 nitrogen and oxygen atoms in total. The number of rotatable bonds is 4. The van der Waals surface area contributed by atoms with Crippen LogP contribution in [0.15, 0.2) is 46.9 Å². The first-order chi connectivity index (χ1) is 10.6. The van der Waals surface area contributed by atoms with Crippen molar-refractivity contribution >= 4 is 22.7 Å². The van der Waals surface area contributed by atoms with Gasteiger partial charge in [-0.1, -0.05) is 25.1 Å². The summed E-state index contributed by atoms with van der Waals surface area (Å²) in [4.78, 5) is 16.0. The second kappa shape index (κ2) is 6.02. The molecule has 0 aliphatic heterocycles. The lowest BCUT2D eigenvalue weighted by Gasteiger charge is -2.05. The summed E-state index contributed by atoms with van der Waals surface area (Å²) in [6, 6.07) is 13.7. The largest absolute Gasteiger partial charge is 0.440 e. The molecule has 1 aromatic heterocycles. The van der Waals surface area contributed by atoms with Gasteiger partial charge in [0.25, 0.3) is 0 Å². The summed E-state index contributed by atoms with van der Waals surface area (Å²) >= 11 is 0. The molecule has 0 radical (unpaired) electrons. The number of aromatic nitrogens is 1. The van der Waals surface area contributed by atoms with Crippen molar-refractivity contribution in [3.05, 3.63) is 59.5 Å². The highest BCUT2D eigenvalue weighted by molar-refractivity contribution is 5.90. The van der Waals surface area contributed by atoms with Crippen molar-refractivity contribution in [2.45, 2.75) is 26.7 Å². The topological polar surface area (TPSA) is 55.1 Å². The first-order valence-corrected chi connectivity index (χ1v) is 7.39. The van der Waals surface area contributed by atoms with E-state index >= 15 is 0 Å². The second-order valence-corrected chi connectivity index (χ2v) is 5.36. The van der Waals surface area contributed by atoms with Crippen LogP contribution in [-0.2, 0) is 11.2 Å². The molecule has 2 aromatic carbocycles. The molecule has 3 rings (SSSR count). The van der Waals surface area contributed by atoms with Crippen LogP contribution in [0.25, 0.3) is 11.1 Å². The van der Waals surface area contributed by atoms with E-state index in [1.54, 1.807) is 0 Å². The van der Waals surface area contributed by atoms with Crippen LogP contribution in [0.2, 0.25) is 0 Å². The van der Waals surface area contributed by atoms with Gasteiger partial charge >= 0.3 is 0 Å². The minimum absolute atomic E-state index is 0.00878. The molecule has 0 unspecified atom stereocenters. The van der Waals surface area contributed by atoms with E-state index in [2.05, 4.69) is 10.3 Å². The Kier molecular flexibility index (Phi) is 3.92. The Balaban J connectivity index is 1.82. The lowest BCUT2D eigenvalue weighted by Crippen LogP contribution is -2.09. The van der Waals surface area contributed by atoms with Gasteiger partial charge in [-0.3, -0.25) is 4.79 Å². The molecular formula is C18H18N2O2. The highest BCUT2D eigenvalue weighted by Gasteiger charge is 2.08. The Morgan fingerprint density at radius 3 is 2.91 bits per heavy atom. The lowest BCUT2D eigenvalue weighted by atomic mass is 10.1. The van der Waals surface area contributed by atoms with Crippen molar-refractivity contribution < 1.29 is 9.21 Å². The number of carbonyl (C=O) groups excluding carboxylic acids is 1. The third-order valence-corrected chi connectivity index (χ3v) is 3.48. The Labute approximate surface area is 129 Å². The molecule has 112 valence electrons. The molecule has 3 aromatic rings. The average Bonchev–Trinajstić information content (AvgIpc) is 2.88. The summed E-state index contributed by atoms with van der Waals surface area (Å²) < 4.78 is 5.80. The van der Waals surface area contributed by atoms with E-state index in [0.29, 0.717) is 18.7 Å². The number of aryl methyl sites for hydroxylation is 1. The van der Waals surface area contributed by atoms with Crippen LogP contribution in [-0.4, -0.2) is 10.9 Å². The zero-order chi connectivity index (χ0) is 15.5. The fourth-order valence-corrected chi connectivity index (χ4v) is 2.34. The number of amides is 1. The Morgan fingerprint density at radius 2 is 2.09 bits per heavy atom. The minimum atomic E-state index is 0.00878. The molecule has 1 N–H and O–H groups in total. The maximum absolute atomic E-state index is 11.5. The number of hydrogen-bond acceptors (Lipinski definition) is 3. The molecule has 0 spiro atoms. The van der Waals surface area contributed by atoms with E-state index in [1.165, 1.54) is 0 Å². The van der Waals surface area contributed by atoms with Gasteiger partial charge in [0.2, 0.25) is 5.91 Å². The monoisotopic (exact) mass is 294 g/mol. The predicted octanol–water partition coefficient (Wildman–Crippen LogP) is 4.08. The molecule has 1 heterocycles. The molecular weight excluding hydrogens is 276 g/mol. The third kappa shape index (κ3) is 3.17. The van der Waals surface area contributed by atoms with Gasteiger partial charge in [-0.05, 0) is 42.3 Å². The predicted molar refractivity (Wildman–Crippen MR) is 86.9 cm³/mol. The van der Waals surface area contributed by atoms with Gasteiger partial charge in [0.05, 0.1) is 0 Å². The zero-order valence-electron chi connectivity index (χ0n) is 12.7. The standard InChI is InChI=1S/C18H18N2O2/c1-3-17(21)19-14-6-4-5-13(10-14)11-18-20-15-8-7-12(2)9-16(15)22-18/h4-10H,3,11H2,1-2H3,(H,19,21). The first kappa shape index (κ1) is 14.3. The smallest absolute Gasteiger partial charge is 0.224 e. The number of carbonyl (C=O) groups is 1. The Morgan fingerprint density at radius 1 is 1.23 bits per heavy atom. The second-order valence-electron chi connectivity index (χ2n) is 5.36. The number of anilines is 1. The van der Waals surface area contributed by atoms with Crippen molar-refractivity contribution in [1.29, 1.82) is 0 Å². The summed E-state index contributed by atoms with van der Waals surface area (Å²) in [5, 5.41) is 2.86. The normalized spacial score (nSPS) is 10.8. The van der Waals surface area contributed by atoms with E-state index in [0.717, 1.165) is 27.9 Å². The van der Waals surface area contributed by atoms with Gasteiger partial charge < -0.3 is 9.73 Å². The van der Waals surface area contributed by atoms with Gasteiger partial charge in [0.15, 0.2) is 11.5 Å². The number of oxazole rings is 1. The number of nitrogens with one attached hydrogen (secondary N) is 1. The van der Waals surface area contributed by atoms with E-state index in [1.807, 2.05) is 56.3 Å². The van der Waals surface area contributed by atoms with Crippen LogP contribution < -0.4 is 5.32 Å². The van der Waals surface area contributed by atoms with Gasteiger partial charge in [0.1, 0.15) is 5.52 Å². The molecule has 0 aliphatic carbocycles. The average molecular weight is 294 g/mol. The summed E-state index contributed by atoms with van der Waals surface area (Å²) in [7, 11) is 0. The van der Waals surface area contributed by atoms with Crippen molar-refractivity contribution in [3.8, 4) is 0 Å². The number of benzene rings is 2. The molecule has 4 heteroatoms. The molecule has 0 saturated carbocycles. The fraction of sp³-hybridized carbons (Fsp3) is 0.222. The van der Waals surface area contributed by atoms with Gasteiger partial charge in [-0.25, -0.2) is 4.98 Å². The molecule has 0 saturated heterocycles. The van der Waals surface area contributed by atoms with Crippen LogP contribution >= 0.6 is 0 Å². The van der Waals surface area contributed by atoms with Crippen LogP contribution in [0.3, 0.4) is 0 Å². The van der Waals surface area contributed by atoms with Crippen LogP contribution in [0.5, 0.6) is 0 Å². The van der Waals surface area contributed by atoms with E-state index in [-0.39, 0.29) is 5.91 Å². The quantitative estimate of drug-likeness (QED) is 0.789. The van der Waals surface area contributed by atoms with Crippen molar-refractivity contribution in [1.82, 2.24) is 4.98 Å². The summed E-state index contributed by atoms with van der Waals surface area (Å²) in [5.74, 6) is 0.689. The van der Waals surface area contributed by atoms with Gasteiger partial charge in [-0.2, -0.15) is 0 Å². The van der Waals surface area contributed by atoms with Crippen LogP contribution in [0.1, 0.15) is 30.4 Å². The van der Waals surface area contributed by atoms with Gasteiger partial charge in [0, 0.05) is 18.5 Å². The Bertz CT molecular complexity index is 821. The summed E-state index contributed by atoms with van der Waals surface area (Å²) in [5.41, 5.74) is 4.69. The minimum Gasteiger partial charge on any atom is -0.440 e. The van der Waals surface area contributed by atoms with E-state index in [4.69, 9.17) is 4.42 Å². The summed E-state index contributed by atoms with van der Waals surface area (Å²) in [6.07, 6.45) is 1.07. The molecule has 22 heavy (non-hydrogen) atoms.